The molecule has 5 nitrogen and oxygen atoms in total. The number of anilines is 1. The first-order valence-corrected chi connectivity index (χ1v) is 5.85. The lowest BCUT2D eigenvalue weighted by molar-refractivity contribution is 0.0601. The Morgan fingerprint density at radius 3 is 2.84 bits per heavy atom. The summed E-state index contributed by atoms with van der Waals surface area (Å²) in [5.41, 5.74) is 8.20. The highest BCUT2D eigenvalue weighted by Gasteiger charge is 2.12. The number of hydrogen-bond acceptors (Lipinski definition) is 5. The number of aromatic nitrogens is 2. The summed E-state index contributed by atoms with van der Waals surface area (Å²) in [6, 6.07) is 8.07. The van der Waals surface area contributed by atoms with E-state index in [4.69, 9.17) is 5.73 Å². The van der Waals surface area contributed by atoms with E-state index < -0.39 is 5.97 Å². The molecule has 19 heavy (non-hydrogen) atoms. The van der Waals surface area contributed by atoms with Crippen molar-refractivity contribution in [1.29, 1.82) is 0 Å². The minimum absolute atomic E-state index is 0.143. The van der Waals surface area contributed by atoms with Crippen LogP contribution in [0.1, 0.15) is 27.3 Å². The van der Waals surface area contributed by atoms with Crippen molar-refractivity contribution in [2.45, 2.75) is 13.3 Å². The van der Waals surface area contributed by atoms with Crippen LogP contribution in [0.5, 0.6) is 0 Å². The second kappa shape index (κ2) is 5.48. The fraction of sp³-hybridized carbons (Fsp3) is 0.214. The average Bonchev–Trinajstić information content (AvgIpc) is 2.38. The minimum atomic E-state index is -0.528. The molecule has 1 heterocycles. The van der Waals surface area contributed by atoms with Crippen LogP contribution in [0.3, 0.4) is 0 Å². The number of ether oxygens (including phenoxy) is 1. The van der Waals surface area contributed by atoms with Crippen LogP contribution in [0.2, 0.25) is 0 Å². The molecule has 0 fully saturated rings. The van der Waals surface area contributed by atoms with Crippen LogP contribution in [0, 0.1) is 6.92 Å². The Hall–Kier alpha value is -2.43. The number of benzene rings is 1. The van der Waals surface area contributed by atoms with Gasteiger partial charge in [-0.3, -0.25) is 0 Å². The van der Waals surface area contributed by atoms with Crippen LogP contribution in [-0.4, -0.2) is 23.0 Å². The molecule has 2 N–H and O–H groups in total. The normalized spacial score (nSPS) is 10.2. The summed E-state index contributed by atoms with van der Waals surface area (Å²) in [5, 5.41) is 0. The first-order valence-electron chi connectivity index (χ1n) is 5.85. The van der Waals surface area contributed by atoms with Gasteiger partial charge in [0, 0.05) is 12.6 Å². The first kappa shape index (κ1) is 13.0. The summed E-state index contributed by atoms with van der Waals surface area (Å²) >= 11 is 0. The maximum absolute atomic E-state index is 11.4. The third-order valence-electron chi connectivity index (χ3n) is 2.72. The molecule has 0 aliphatic rings. The summed E-state index contributed by atoms with van der Waals surface area (Å²) in [4.78, 5) is 19.6. The summed E-state index contributed by atoms with van der Waals surface area (Å²) in [6.45, 7) is 2.03. The highest BCUT2D eigenvalue weighted by atomic mass is 16.5. The smallest absolute Gasteiger partial charge is 0.343 e. The summed E-state index contributed by atoms with van der Waals surface area (Å²) in [6.07, 6.45) is 1.98. The van der Waals surface area contributed by atoms with E-state index in [9.17, 15) is 4.79 Å². The molecule has 0 aliphatic carbocycles. The maximum atomic E-state index is 11.4. The van der Waals surface area contributed by atoms with E-state index in [2.05, 4.69) is 20.8 Å². The molecule has 0 aliphatic heterocycles. The van der Waals surface area contributed by atoms with E-state index in [-0.39, 0.29) is 11.4 Å². The topological polar surface area (TPSA) is 78.1 Å². The molecule has 0 radical (unpaired) electrons. The van der Waals surface area contributed by atoms with E-state index in [0.29, 0.717) is 12.2 Å². The molecule has 0 unspecified atom stereocenters. The van der Waals surface area contributed by atoms with Gasteiger partial charge in [-0.05, 0) is 12.5 Å². The van der Waals surface area contributed by atoms with E-state index in [0.717, 1.165) is 5.56 Å². The van der Waals surface area contributed by atoms with Crippen LogP contribution in [0.25, 0.3) is 0 Å². The monoisotopic (exact) mass is 257 g/mol. The number of hydrogen-bond donors (Lipinski definition) is 1. The van der Waals surface area contributed by atoms with Crippen molar-refractivity contribution in [3.05, 3.63) is 53.0 Å². The van der Waals surface area contributed by atoms with Gasteiger partial charge in [0.2, 0.25) is 0 Å². The Balaban J connectivity index is 2.23. The van der Waals surface area contributed by atoms with E-state index in [1.54, 1.807) is 0 Å². The molecular weight excluding hydrogens is 242 g/mol. The van der Waals surface area contributed by atoms with Gasteiger partial charge in [-0.15, -0.1) is 0 Å². The highest BCUT2D eigenvalue weighted by molar-refractivity contribution is 5.93. The van der Waals surface area contributed by atoms with Crippen LogP contribution in [0.15, 0.2) is 30.5 Å². The van der Waals surface area contributed by atoms with Gasteiger partial charge in [-0.1, -0.05) is 29.8 Å². The third-order valence-corrected chi connectivity index (χ3v) is 2.72. The summed E-state index contributed by atoms with van der Waals surface area (Å²) in [7, 11) is 1.29. The number of rotatable bonds is 3. The number of nitrogens with zero attached hydrogens (tertiary/aromatic N) is 2. The van der Waals surface area contributed by atoms with Crippen LogP contribution < -0.4 is 5.73 Å². The fourth-order valence-corrected chi connectivity index (χ4v) is 1.79. The largest absolute Gasteiger partial charge is 0.465 e. The lowest BCUT2D eigenvalue weighted by Gasteiger charge is -2.05. The second-order valence-electron chi connectivity index (χ2n) is 4.24. The zero-order chi connectivity index (χ0) is 13.8. The maximum Gasteiger partial charge on any atom is 0.343 e. The standard InChI is InChI=1S/C14H15N3O2/c1-9-4-3-5-10(6-9)7-12-16-8-11(13(15)17-12)14(18)19-2/h3-6,8H,7H2,1-2H3,(H2,15,16,17). The van der Waals surface area contributed by atoms with Gasteiger partial charge in [0.15, 0.2) is 0 Å². The number of carbonyl (C=O) groups is 1. The van der Waals surface area contributed by atoms with Crippen molar-refractivity contribution in [2.24, 2.45) is 0 Å². The molecule has 0 amide bonds. The molecular formula is C14H15N3O2. The zero-order valence-corrected chi connectivity index (χ0v) is 10.9. The van der Waals surface area contributed by atoms with Gasteiger partial charge in [-0.2, -0.15) is 0 Å². The predicted molar refractivity (Wildman–Crippen MR) is 71.8 cm³/mol. The number of carbonyl (C=O) groups excluding carboxylic acids is 1. The van der Waals surface area contributed by atoms with Gasteiger partial charge < -0.3 is 10.5 Å². The lowest BCUT2D eigenvalue weighted by atomic mass is 10.1. The van der Waals surface area contributed by atoms with E-state index in [1.807, 2.05) is 25.1 Å². The quantitative estimate of drug-likeness (QED) is 0.847. The van der Waals surface area contributed by atoms with Gasteiger partial charge >= 0.3 is 5.97 Å². The Kier molecular flexibility index (Phi) is 3.75. The van der Waals surface area contributed by atoms with E-state index in [1.165, 1.54) is 18.9 Å². The van der Waals surface area contributed by atoms with Crippen molar-refractivity contribution < 1.29 is 9.53 Å². The molecule has 0 spiro atoms. The van der Waals surface area contributed by atoms with Gasteiger partial charge in [0.1, 0.15) is 17.2 Å². The van der Waals surface area contributed by atoms with Crippen molar-refractivity contribution in [3.63, 3.8) is 0 Å². The summed E-state index contributed by atoms with van der Waals surface area (Å²) < 4.78 is 4.59. The fourth-order valence-electron chi connectivity index (χ4n) is 1.79. The molecule has 0 saturated carbocycles. The molecule has 2 aromatic rings. The number of nitrogens with two attached hydrogens (primary N) is 1. The predicted octanol–water partition coefficient (Wildman–Crippen LogP) is 1.74. The number of nitrogen functional groups attached to an aromatic ring is 1. The second-order valence-corrected chi connectivity index (χ2v) is 4.24. The minimum Gasteiger partial charge on any atom is -0.465 e. The molecule has 0 atom stereocenters. The Morgan fingerprint density at radius 1 is 1.42 bits per heavy atom. The highest BCUT2D eigenvalue weighted by Crippen LogP contribution is 2.12. The van der Waals surface area contributed by atoms with Gasteiger partial charge in [0.25, 0.3) is 0 Å². The SMILES string of the molecule is COC(=O)c1cnc(Cc2cccc(C)c2)nc1N. The number of methoxy groups -OCH3 is 1. The van der Waals surface area contributed by atoms with Crippen molar-refractivity contribution >= 4 is 11.8 Å². The van der Waals surface area contributed by atoms with E-state index >= 15 is 0 Å². The molecule has 98 valence electrons. The molecule has 1 aromatic heterocycles. The van der Waals surface area contributed by atoms with Crippen LogP contribution >= 0.6 is 0 Å². The molecule has 5 heteroatoms. The zero-order valence-electron chi connectivity index (χ0n) is 10.9. The number of esters is 1. The van der Waals surface area contributed by atoms with Crippen molar-refractivity contribution in [3.8, 4) is 0 Å². The Labute approximate surface area is 111 Å². The van der Waals surface area contributed by atoms with Crippen molar-refractivity contribution in [1.82, 2.24) is 9.97 Å². The van der Waals surface area contributed by atoms with Crippen LogP contribution in [-0.2, 0) is 11.2 Å². The Morgan fingerprint density at radius 2 is 2.21 bits per heavy atom. The van der Waals surface area contributed by atoms with Crippen molar-refractivity contribution in [2.75, 3.05) is 12.8 Å². The number of aryl methyl sites for hydroxylation is 1. The van der Waals surface area contributed by atoms with Gasteiger partial charge in [0.05, 0.1) is 7.11 Å². The van der Waals surface area contributed by atoms with Gasteiger partial charge in [-0.25, -0.2) is 14.8 Å². The summed E-state index contributed by atoms with van der Waals surface area (Å²) in [5.74, 6) is 0.194. The molecule has 0 saturated heterocycles. The molecule has 2 rings (SSSR count). The molecule has 1 aromatic carbocycles. The Bertz CT molecular complexity index is 611. The van der Waals surface area contributed by atoms with Crippen LogP contribution in [0.4, 0.5) is 5.82 Å². The third kappa shape index (κ3) is 3.07. The first-order chi connectivity index (χ1) is 9.10. The average molecular weight is 257 g/mol. The lowest BCUT2D eigenvalue weighted by Crippen LogP contribution is -2.10. The molecule has 0 bridgehead atoms.